The molecule has 0 heterocycles. The van der Waals surface area contributed by atoms with Gasteiger partial charge in [-0.2, -0.15) is 0 Å². The van der Waals surface area contributed by atoms with Gasteiger partial charge in [0.1, 0.15) is 0 Å². The molecular weight excluding hydrogens is 248 g/mol. The van der Waals surface area contributed by atoms with Crippen LogP contribution in [0, 0.1) is 5.41 Å². The Balaban J connectivity index is 2.24. The van der Waals surface area contributed by atoms with Crippen molar-refractivity contribution in [1.82, 2.24) is 0 Å². The molecule has 0 radical (unpaired) electrons. The third kappa shape index (κ3) is 1.64. The molecule has 1 aromatic carbocycles. The predicted octanol–water partition coefficient (Wildman–Crippen LogP) is 4.35. The lowest BCUT2D eigenvalue weighted by atomic mass is 9.61. The smallest absolute Gasteiger partial charge is 0.190 e. The van der Waals surface area contributed by atoms with Crippen LogP contribution in [0.3, 0.4) is 0 Å². The number of Topliss-reactive ketones (excluding diaryl/α,β-unsaturated/α-hetero) is 2. The average molecular weight is 268 g/mol. The topological polar surface area (TPSA) is 34.1 Å². The first kappa shape index (κ1) is 13.3. The van der Waals surface area contributed by atoms with Crippen molar-refractivity contribution >= 4 is 11.6 Å². The van der Waals surface area contributed by atoms with Gasteiger partial charge in [-0.25, -0.2) is 0 Å². The largest absolute Gasteiger partial charge is 0.289 e. The van der Waals surface area contributed by atoms with Gasteiger partial charge >= 0.3 is 0 Å². The first-order valence-electron chi connectivity index (χ1n) is 7.56. The molecule has 0 saturated heterocycles. The minimum absolute atomic E-state index is 0.0844. The maximum absolute atomic E-state index is 12.9. The minimum Gasteiger partial charge on any atom is -0.289 e. The van der Waals surface area contributed by atoms with Crippen molar-refractivity contribution in [2.45, 2.75) is 46.0 Å². The number of carbonyl (C=O) groups is 2. The fraction of sp³-hybridized carbons (Fsp3) is 0.444. The molecule has 20 heavy (non-hydrogen) atoms. The normalized spacial score (nSPS) is 20.7. The van der Waals surface area contributed by atoms with Gasteiger partial charge in [-0.3, -0.25) is 9.59 Å². The summed E-state index contributed by atoms with van der Waals surface area (Å²) < 4.78 is 0. The van der Waals surface area contributed by atoms with Crippen LogP contribution in [-0.4, -0.2) is 11.6 Å². The summed E-state index contributed by atoms with van der Waals surface area (Å²) in [6.07, 6.45) is 4.67. The van der Waals surface area contributed by atoms with E-state index in [0.29, 0.717) is 11.1 Å². The monoisotopic (exact) mass is 268 g/mol. The molecule has 3 rings (SSSR count). The Bertz CT molecular complexity index is 618. The maximum atomic E-state index is 12.9. The van der Waals surface area contributed by atoms with E-state index < -0.39 is 0 Å². The van der Waals surface area contributed by atoms with Crippen LogP contribution in [0.15, 0.2) is 35.4 Å². The van der Waals surface area contributed by atoms with E-state index in [1.807, 2.05) is 12.1 Å². The van der Waals surface area contributed by atoms with Gasteiger partial charge in [0, 0.05) is 22.3 Å². The van der Waals surface area contributed by atoms with Crippen LogP contribution in [0.1, 0.15) is 66.7 Å². The molecule has 0 N–H and O–H groups in total. The van der Waals surface area contributed by atoms with Crippen molar-refractivity contribution < 1.29 is 9.59 Å². The number of hydrogen-bond acceptors (Lipinski definition) is 2. The van der Waals surface area contributed by atoms with E-state index in [4.69, 9.17) is 0 Å². The SMILES string of the molecule is CCC1(CC)CCCC2=C1C(=O)c1ccccc1C2=O. The molecule has 0 atom stereocenters. The van der Waals surface area contributed by atoms with E-state index >= 15 is 0 Å². The Labute approximate surface area is 119 Å². The van der Waals surface area contributed by atoms with E-state index in [9.17, 15) is 9.59 Å². The molecule has 0 amide bonds. The highest BCUT2D eigenvalue weighted by molar-refractivity contribution is 6.27. The minimum atomic E-state index is -0.0894. The van der Waals surface area contributed by atoms with Crippen molar-refractivity contribution in [2.75, 3.05) is 0 Å². The second-order valence-electron chi connectivity index (χ2n) is 5.90. The zero-order valence-corrected chi connectivity index (χ0v) is 12.2. The Morgan fingerprint density at radius 1 is 1.00 bits per heavy atom. The average Bonchev–Trinajstić information content (AvgIpc) is 2.51. The Morgan fingerprint density at radius 3 is 2.20 bits per heavy atom. The molecule has 1 aromatic rings. The zero-order chi connectivity index (χ0) is 14.3. The summed E-state index contributed by atoms with van der Waals surface area (Å²) in [5, 5.41) is 0. The molecule has 2 aliphatic rings. The summed E-state index contributed by atoms with van der Waals surface area (Å²) in [4.78, 5) is 25.6. The van der Waals surface area contributed by atoms with Crippen LogP contribution in [0.25, 0.3) is 0 Å². The van der Waals surface area contributed by atoms with E-state index in [1.54, 1.807) is 12.1 Å². The van der Waals surface area contributed by atoms with Crippen LogP contribution in [-0.2, 0) is 0 Å². The van der Waals surface area contributed by atoms with E-state index in [2.05, 4.69) is 13.8 Å². The lowest BCUT2D eigenvalue weighted by Gasteiger charge is -2.40. The number of benzene rings is 1. The number of carbonyl (C=O) groups excluding carboxylic acids is 2. The van der Waals surface area contributed by atoms with Gasteiger partial charge in [-0.05, 0) is 37.5 Å². The predicted molar refractivity (Wildman–Crippen MR) is 79.0 cm³/mol. The molecule has 0 fully saturated rings. The lowest BCUT2D eigenvalue weighted by molar-refractivity contribution is 0.0923. The number of allylic oxidation sites excluding steroid dienone is 2. The van der Waals surface area contributed by atoms with Crippen molar-refractivity contribution in [2.24, 2.45) is 5.41 Å². The van der Waals surface area contributed by atoms with Gasteiger partial charge in [0.15, 0.2) is 11.6 Å². The molecule has 2 heteroatoms. The Morgan fingerprint density at radius 2 is 1.60 bits per heavy atom. The van der Waals surface area contributed by atoms with Crippen molar-refractivity contribution in [3.8, 4) is 0 Å². The third-order valence-corrected chi connectivity index (χ3v) is 5.19. The highest BCUT2D eigenvalue weighted by atomic mass is 16.1. The molecule has 104 valence electrons. The highest BCUT2D eigenvalue weighted by Crippen LogP contribution is 2.49. The lowest BCUT2D eigenvalue weighted by Crippen LogP contribution is -2.36. The van der Waals surface area contributed by atoms with Gasteiger partial charge < -0.3 is 0 Å². The van der Waals surface area contributed by atoms with Crippen LogP contribution >= 0.6 is 0 Å². The molecule has 0 spiro atoms. The summed E-state index contributed by atoms with van der Waals surface area (Å²) in [5.74, 6) is 0.180. The first-order valence-corrected chi connectivity index (χ1v) is 7.56. The Hall–Kier alpha value is -1.70. The summed E-state index contributed by atoms with van der Waals surface area (Å²) in [7, 11) is 0. The number of hydrogen-bond donors (Lipinski definition) is 0. The molecule has 0 bridgehead atoms. The Kier molecular flexibility index (Phi) is 3.12. The van der Waals surface area contributed by atoms with Gasteiger partial charge in [-0.15, -0.1) is 0 Å². The molecular formula is C18H20O2. The summed E-state index contributed by atoms with van der Waals surface area (Å²) >= 11 is 0. The molecule has 0 aromatic heterocycles. The van der Waals surface area contributed by atoms with Crippen LogP contribution < -0.4 is 0 Å². The standard InChI is InChI=1S/C18H20O2/c1-3-18(4-2)11-7-10-14-15(18)17(20)13-9-6-5-8-12(13)16(14)19/h5-6,8-9H,3-4,7,10-11H2,1-2H3. The van der Waals surface area contributed by atoms with Crippen LogP contribution in [0.2, 0.25) is 0 Å². The summed E-state index contributed by atoms with van der Waals surface area (Å²) in [5.41, 5.74) is 2.73. The molecule has 2 nitrogen and oxygen atoms in total. The molecule has 2 aliphatic carbocycles. The first-order chi connectivity index (χ1) is 9.64. The summed E-state index contributed by atoms with van der Waals surface area (Å²) in [6.45, 7) is 4.27. The van der Waals surface area contributed by atoms with Gasteiger partial charge in [-0.1, -0.05) is 38.1 Å². The van der Waals surface area contributed by atoms with Crippen molar-refractivity contribution in [1.29, 1.82) is 0 Å². The summed E-state index contributed by atoms with van der Waals surface area (Å²) in [6, 6.07) is 7.26. The van der Waals surface area contributed by atoms with Crippen LogP contribution in [0.5, 0.6) is 0 Å². The maximum Gasteiger partial charge on any atom is 0.190 e. The second kappa shape index (κ2) is 4.69. The number of ketones is 2. The van der Waals surface area contributed by atoms with E-state index in [1.165, 1.54) is 0 Å². The van der Waals surface area contributed by atoms with E-state index in [-0.39, 0.29) is 17.0 Å². The van der Waals surface area contributed by atoms with Crippen LogP contribution in [0.4, 0.5) is 0 Å². The van der Waals surface area contributed by atoms with Gasteiger partial charge in [0.05, 0.1) is 0 Å². The third-order valence-electron chi connectivity index (χ3n) is 5.19. The van der Waals surface area contributed by atoms with Gasteiger partial charge in [0.25, 0.3) is 0 Å². The number of rotatable bonds is 2. The fourth-order valence-electron chi connectivity index (χ4n) is 3.91. The highest BCUT2D eigenvalue weighted by Gasteiger charge is 2.44. The van der Waals surface area contributed by atoms with E-state index in [0.717, 1.165) is 43.3 Å². The zero-order valence-electron chi connectivity index (χ0n) is 12.2. The fourth-order valence-corrected chi connectivity index (χ4v) is 3.91. The molecule has 0 unspecified atom stereocenters. The van der Waals surface area contributed by atoms with Crippen molar-refractivity contribution in [3.05, 3.63) is 46.5 Å². The molecule has 0 saturated carbocycles. The quantitative estimate of drug-likeness (QED) is 0.799. The second-order valence-corrected chi connectivity index (χ2v) is 5.90. The van der Waals surface area contributed by atoms with Crippen molar-refractivity contribution in [3.63, 3.8) is 0 Å². The molecule has 0 aliphatic heterocycles. The van der Waals surface area contributed by atoms with Gasteiger partial charge in [0.2, 0.25) is 0 Å². The number of fused-ring (bicyclic) bond motifs is 1.